The van der Waals surface area contributed by atoms with E-state index in [0.29, 0.717) is 5.69 Å². The molecule has 0 aliphatic heterocycles. The van der Waals surface area contributed by atoms with Crippen LogP contribution in [0.3, 0.4) is 0 Å². The van der Waals surface area contributed by atoms with E-state index in [4.69, 9.17) is 0 Å². The van der Waals surface area contributed by atoms with Gasteiger partial charge >= 0.3 is 6.61 Å². The fraction of sp³-hybridized carbons (Fsp3) is 0.0556. The number of hydrogen-bond acceptors (Lipinski definition) is 6. The molecule has 0 aliphatic rings. The molecule has 1 heterocycles. The predicted molar refractivity (Wildman–Crippen MR) is 100 cm³/mol. The Bertz CT molecular complexity index is 1090. The second kappa shape index (κ2) is 8.61. The first-order valence-electron chi connectivity index (χ1n) is 8.09. The standard InChI is InChI=1S/C18H14F2N4O4S/c19-17(20)28-14-4-1-3-12(11-14)16(25)23-13-5-7-15(8-6-13)29(26,27)24-18-21-9-2-10-22-18/h1-11,17H,(H,23,25)(H,21,22,24). The quantitative estimate of drug-likeness (QED) is 0.608. The number of alkyl halides is 2. The first-order chi connectivity index (χ1) is 13.8. The summed E-state index contributed by atoms with van der Waals surface area (Å²) in [6.45, 7) is -3.00. The number of aromatic nitrogens is 2. The molecule has 3 aromatic rings. The molecule has 8 nitrogen and oxygen atoms in total. The molecule has 2 aromatic carbocycles. The van der Waals surface area contributed by atoms with Gasteiger partial charge in [0.2, 0.25) is 5.95 Å². The zero-order chi connectivity index (χ0) is 20.9. The Balaban J connectivity index is 1.70. The molecule has 0 saturated carbocycles. The van der Waals surface area contributed by atoms with Crippen molar-refractivity contribution in [2.24, 2.45) is 0 Å². The Hall–Kier alpha value is -3.60. The zero-order valence-electron chi connectivity index (χ0n) is 14.6. The first-order valence-corrected chi connectivity index (χ1v) is 9.58. The van der Waals surface area contributed by atoms with Crippen molar-refractivity contribution in [3.05, 3.63) is 72.6 Å². The van der Waals surface area contributed by atoms with E-state index in [2.05, 4.69) is 24.7 Å². The Kier molecular flexibility index (Phi) is 5.98. The lowest BCUT2D eigenvalue weighted by molar-refractivity contribution is -0.0498. The second-order valence-corrected chi connectivity index (χ2v) is 7.25. The Labute approximate surface area is 164 Å². The monoisotopic (exact) mass is 420 g/mol. The van der Waals surface area contributed by atoms with Crippen molar-refractivity contribution in [1.82, 2.24) is 9.97 Å². The minimum Gasteiger partial charge on any atom is -0.435 e. The third-order valence-corrected chi connectivity index (χ3v) is 4.88. The van der Waals surface area contributed by atoms with Gasteiger partial charge in [-0.15, -0.1) is 0 Å². The maximum atomic E-state index is 12.3. The summed E-state index contributed by atoms with van der Waals surface area (Å²) in [6, 6.07) is 12.2. The van der Waals surface area contributed by atoms with Crippen molar-refractivity contribution < 1.29 is 26.7 Å². The van der Waals surface area contributed by atoms with Crippen LogP contribution in [0.15, 0.2) is 71.9 Å². The van der Waals surface area contributed by atoms with Gasteiger partial charge < -0.3 is 10.1 Å². The number of rotatable bonds is 7. The molecule has 29 heavy (non-hydrogen) atoms. The van der Waals surface area contributed by atoms with Crippen LogP contribution in [0.4, 0.5) is 20.4 Å². The van der Waals surface area contributed by atoms with E-state index in [1.54, 1.807) is 6.07 Å². The fourth-order valence-electron chi connectivity index (χ4n) is 2.27. The van der Waals surface area contributed by atoms with E-state index in [-0.39, 0.29) is 22.2 Å². The highest BCUT2D eigenvalue weighted by molar-refractivity contribution is 7.92. The van der Waals surface area contributed by atoms with Crippen molar-refractivity contribution in [1.29, 1.82) is 0 Å². The Morgan fingerprint density at radius 1 is 1.00 bits per heavy atom. The van der Waals surface area contributed by atoms with Gasteiger partial charge in [-0.25, -0.2) is 23.1 Å². The molecule has 0 atom stereocenters. The largest absolute Gasteiger partial charge is 0.435 e. The number of benzene rings is 2. The maximum Gasteiger partial charge on any atom is 0.387 e. The third-order valence-electron chi connectivity index (χ3n) is 3.54. The van der Waals surface area contributed by atoms with E-state index in [9.17, 15) is 22.0 Å². The van der Waals surface area contributed by atoms with E-state index < -0.39 is 22.5 Å². The average molecular weight is 420 g/mol. The van der Waals surface area contributed by atoms with Crippen molar-refractivity contribution in [2.75, 3.05) is 10.0 Å². The van der Waals surface area contributed by atoms with Gasteiger partial charge in [-0.1, -0.05) is 6.07 Å². The third kappa shape index (κ3) is 5.45. The summed E-state index contributed by atoms with van der Waals surface area (Å²) in [5, 5.41) is 2.55. The molecule has 2 N–H and O–H groups in total. The molecule has 0 bridgehead atoms. The molecule has 11 heteroatoms. The number of anilines is 2. The number of sulfonamides is 1. The van der Waals surface area contributed by atoms with Crippen LogP contribution in [0.2, 0.25) is 0 Å². The number of halogens is 2. The highest BCUT2D eigenvalue weighted by Crippen LogP contribution is 2.19. The van der Waals surface area contributed by atoms with Gasteiger partial charge in [-0.05, 0) is 48.5 Å². The lowest BCUT2D eigenvalue weighted by Crippen LogP contribution is -2.15. The minimum absolute atomic E-state index is 0.0599. The molecule has 0 aliphatic carbocycles. The maximum absolute atomic E-state index is 12.3. The van der Waals surface area contributed by atoms with E-state index in [1.165, 1.54) is 60.9 Å². The molecule has 3 rings (SSSR count). The van der Waals surface area contributed by atoms with Gasteiger partial charge in [-0.2, -0.15) is 8.78 Å². The van der Waals surface area contributed by atoms with Crippen LogP contribution >= 0.6 is 0 Å². The molecule has 1 amide bonds. The van der Waals surface area contributed by atoms with E-state index >= 15 is 0 Å². The van der Waals surface area contributed by atoms with Crippen molar-refractivity contribution in [2.45, 2.75) is 11.5 Å². The fourth-order valence-corrected chi connectivity index (χ4v) is 3.22. The van der Waals surface area contributed by atoms with E-state index in [0.717, 1.165) is 0 Å². The number of nitrogens with one attached hydrogen (secondary N) is 2. The van der Waals surface area contributed by atoms with Crippen molar-refractivity contribution in [3.8, 4) is 5.75 Å². The molecule has 0 unspecified atom stereocenters. The molecule has 0 fully saturated rings. The van der Waals surface area contributed by atoms with E-state index in [1.807, 2.05) is 0 Å². The number of carbonyl (C=O) groups excluding carboxylic acids is 1. The smallest absolute Gasteiger partial charge is 0.387 e. The van der Waals surface area contributed by atoms with Crippen LogP contribution in [0, 0.1) is 0 Å². The van der Waals surface area contributed by atoms with Gasteiger partial charge in [-0.3, -0.25) is 4.79 Å². The number of hydrogen-bond donors (Lipinski definition) is 2. The minimum atomic E-state index is -3.90. The topological polar surface area (TPSA) is 110 Å². The van der Waals surface area contributed by atoms with Crippen LogP contribution < -0.4 is 14.8 Å². The summed E-state index contributed by atoms with van der Waals surface area (Å²) in [4.78, 5) is 19.8. The summed E-state index contributed by atoms with van der Waals surface area (Å²) < 4.78 is 55.7. The van der Waals surface area contributed by atoms with Gasteiger partial charge in [0.25, 0.3) is 15.9 Å². The zero-order valence-corrected chi connectivity index (χ0v) is 15.4. The first kappa shape index (κ1) is 20.1. The molecule has 0 radical (unpaired) electrons. The molecule has 150 valence electrons. The molecule has 0 saturated heterocycles. The number of nitrogens with zero attached hydrogens (tertiary/aromatic N) is 2. The number of amides is 1. The van der Waals surface area contributed by atoms with Gasteiger partial charge in [0.15, 0.2) is 0 Å². The highest BCUT2D eigenvalue weighted by atomic mass is 32.2. The molecule has 0 spiro atoms. The summed E-state index contributed by atoms with van der Waals surface area (Å²) in [6.07, 6.45) is 2.79. The lowest BCUT2D eigenvalue weighted by atomic mass is 10.2. The van der Waals surface area contributed by atoms with Gasteiger partial charge in [0, 0.05) is 23.6 Å². The van der Waals surface area contributed by atoms with Crippen molar-refractivity contribution >= 4 is 27.6 Å². The van der Waals surface area contributed by atoms with Crippen LogP contribution in [0.1, 0.15) is 10.4 Å². The Morgan fingerprint density at radius 3 is 2.34 bits per heavy atom. The van der Waals surface area contributed by atoms with Gasteiger partial charge in [0.1, 0.15) is 5.75 Å². The summed E-state index contributed by atoms with van der Waals surface area (Å²) in [7, 11) is -3.90. The van der Waals surface area contributed by atoms with Gasteiger partial charge in [0.05, 0.1) is 4.90 Å². The van der Waals surface area contributed by atoms with Crippen LogP contribution in [-0.2, 0) is 10.0 Å². The molecule has 1 aromatic heterocycles. The van der Waals surface area contributed by atoms with Crippen LogP contribution in [-0.4, -0.2) is 30.9 Å². The number of ether oxygens (including phenoxy) is 1. The molecular formula is C18H14F2N4O4S. The highest BCUT2D eigenvalue weighted by Gasteiger charge is 2.16. The van der Waals surface area contributed by atoms with Crippen LogP contribution in [0.25, 0.3) is 0 Å². The predicted octanol–water partition coefficient (Wildman–Crippen LogP) is 3.13. The van der Waals surface area contributed by atoms with Crippen molar-refractivity contribution in [3.63, 3.8) is 0 Å². The average Bonchev–Trinajstić information content (AvgIpc) is 2.68. The lowest BCUT2D eigenvalue weighted by Gasteiger charge is -2.09. The molecular weight excluding hydrogens is 406 g/mol. The Morgan fingerprint density at radius 2 is 1.69 bits per heavy atom. The second-order valence-electron chi connectivity index (χ2n) is 5.56. The normalized spacial score (nSPS) is 11.1. The summed E-state index contributed by atoms with van der Waals surface area (Å²) in [5.41, 5.74) is 0.410. The summed E-state index contributed by atoms with van der Waals surface area (Å²) >= 11 is 0. The van der Waals surface area contributed by atoms with Crippen LogP contribution in [0.5, 0.6) is 5.75 Å². The summed E-state index contributed by atoms with van der Waals surface area (Å²) in [5.74, 6) is -0.796. The number of carbonyl (C=O) groups is 1. The SMILES string of the molecule is O=C(Nc1ccc(S(=O)(=O)Nc2ncccn2)cc1)c1cccc(OC(F)F)c1.